The fraction of sp³-hybridized carbons (Fsp3) is 0.464. The maximum Gasteiger partial charge on any atom is 0.238 e. The van der Waals surface area contributed by atoms with Gasteiger partial charge in [-0.2, -0.15) is 0 Å². The van der Waals surface area contributed by atoms with Gasteiger partial charge in [-0.1, -0.05) is 13.8 Å². The number of amides is 1. The summed E-state index contributed by atoms with van der Waals surface area (Å²) < 4.78 is 47.9. The van der Waals surface area contributed by atoms with Crippen molar-refractivity contribution in [3.05, 3.63) is 42.0 Å². The van der Waals surface area contributed by atoms with E-state index in [1.807, 2.05) is 20.9 Å². The molecule has 214 valence electrons. The van der Waals surface area contributed by atoms with Crippen LogP contribution in [0.3, 0.4) is 0 Å². The van der Waals surface area contributed by atoms with Crippen molar-refractivity contribution < 1.29 is 22.3 Å². The summed E-state index contributed by atoms with van der Waals surface area (Å²) in [7, 11) is -0.0163. The number of ether oxygens (including phenoxy) is 1. The predicted octanol–water partition coefficient (Wildman–Crippen LogP) is 3.03. The van der Waals surface area contributed by atoms with Crippen LogP contribution < -0.4 is 25.0 Å². The number of benzene rings is 1. The maximum atomic E-state index is 15.5. The Hall–Kier alpha value is -3.35. The molecule has 0 radical (unpaired) electrons. The van der Waals surface area contributed by atoms with Gasteiger partial charge in [0.15, 0.2) is 0 Å². The number of anilines is 2. The first kappa shape index (κ1) is 28.2. The van der Waals surface area contributed by atoms with Crippen LogP contribution in [-0.2, 0) is 20.2 Å². The molecule has 2 aliphatic rings. The second-order valence-electron chi connectivity index (χ2n) is 11.1. The molecule has 1 aromatic carbocycles. The third-order valence-corrected chi connectivity index (χ3v) is 8.20. The van der Waals surface area contributed by atoms with Crippen LogP contribution in [0, 0.1) is 11.7 Å². The van der Waals surface area contributed by atoms with Crippen molar-refractivity contribution in [2.45, 2.75) is 38.1 Å². The highest BCUT2D eigenvalue weighted by molar-refractivity contribution is 7.92. The van der Waals surface area contributed by atoms with E-state index in [0.29, 0.717) is 41.8 Å². The number of nitrogens with one attached hydrogen (secondary N) is 3. The van der Waals surface area contributed by atoms with Gasteiger partial charge in [0.2, 0.25) is 21.8 Å². The molecule has 3 aromatic rings. The summed E-state index contributed by atoms with van der Waals surface area (Å²) in [5, 5.41) is 7.11. The Kier molecular flexibility index (Phi) is 7.45. The number of likely N-dealkylation sites (N-methyl/N-ethyl adjacent to an activating group) is 1. The first-order valence-electron chi connectivity index (χ1n) is 13.3. The molecule has 10 nitrogen and oxygen atoms in total. The zero-order valence-electron chi connectivity index (χ0n) is 23.3. The van der Waals surface area contributed by atoms with Crippen molar-refractivity contribution in [3.8, 4) is 17.0 Å². The molecule has 1 amide bonds. The van der Waals surface area contributed by atoms with Gasteiger partial charge in [0, 0.05) is 54.0 Å². The van der Waals surface area contributed by atoms with Crippen molar-refractivity contribution in [2.75, 3.05) is 49.7 Å². The topological polar surface area (TPSA) is 126 Å². The number of hydrogen-bond donors (Lipinski definition) is 3. The number of sulfonamides is 1. The number of carbonyl (C=O) groups is 1. The summed E-state index contributed by atoms with van der Waals surface area (Å²) in [6, 6.07) is 4.84. The Morgan fingerprint density at radius 1 is 1.20 bits per heavy atom. The molecule has 3 N–H and O–H groups in total. The summed E-state index contributed by atoms with van der Waals surface area (Å²) in [6.07, 6.45) is 5.54. The highest BCUT2D eigenvalue weighted by Crippen LogP contribution is 2.57. The monoisotopic (exact) mass is 570 g/mol. The average Bonchev–Trinajstić information content (AvgIpc) is 3.08. The van der Waals surface area contributed by atoms with Crippen LogP contribution in [0.15, 0.2) is 30.6 Å². The standard InChI is InChI=1S/C28H35FN6O4S/c1-16(2)31-6-7-39-26-23(34-40(5,37)38)8-18(14-33-26)19-9-20-22(10-21(19)29)32-15-24-25(20)28(27(36)35(24)4)11-17(12-28)13-30-3/h8-10,14-17,30-31,34H,6-7,11-13H2,1-5H3. The van der Waals surface area contributed by atoms with E-state index in [1.165, 1.54) is 18.3 Å². The highest BCUT2D eigenvalue weighted by atomic mass is 32.2. The molecule has 1 fully saturated rings. The van der Waals surface area contributed by atoms with Crippen molar-refractivity contribution in [1.29, 1.82) is 0 Å². The molecule has 2 aromatic heterocycles. The van der Waals surface area contributed by atoms with Gasteiger partial charge < -0.3 is 20.3 Å². The Morgan fingerprint density at radius 2 is 1.95 bits per heavy atom. The lowest BCUT2D eigenvalue weighted by molar-refractivity contribution is -0.127. The van der Waals surface area contributed by atoms with E-state index < -0.39 is 21.3 Å². The van der Waals surface area contributed by atoms with Gasteiger partial charge in [-0.15, -0.1) is 0 Å². The van der Waals surface area contributed by atoms with Crippen LogP contribution in [-0.4, -0.2) is 70.4 Å². The molecular weight excluding hydrogens is 535 g/mol. The summed E-state index contributed by atoms with van der Waals surface area (Å²) in [5.74, 6) is -0.0340. The number of halogens is 1. The third-order valence-electron chi connectivity index (χ3n) is 7.61. The van der Waals surface area contributed by atoms with Crippen molar-refractivity contribution in [3.63, 3.8) is 0 Å². The van der Waals surface area contributed by atoms with E-state index in [0.717, 1.165) is 24.1 Å². The predicted molar refractivity (Wildman–Crippen MR) is 154 cm³/mol. The van der Waals surface area contributed by atoms with E-state index in [9.17, 15) is 13.2 Å². The number of rotatable bonds is 10. The fourth-order valence-electron chi connectivity index (χ4n) is 5.94. The quantitative estimate of drug-likeness (QED) is 0.318. The number of nitrogens with zero attached hydrogens (tertiary/aromatic N) is 3. The normalized spacial score (nSPS) is 20.3. The minimum atomic E-state index is -3.67. The summed E-state index contributed by atoms with van der Waals surface area (Å²) in [5.41, 5.74) is 2.10. The summed E-state index contributed by atoms with van der Waals surface area (Å²) in [6.45, 7) is 5.65. The minimum absolute atomic E-state index is 0.0322. The molecule has 1 spiro atoms. The van der Waals surface area contributed by atoms with Crippen LogP contribution in [0.1, 0.15) is 32.3 Å². The highest BCUT2D eigenvalue weighted by Gasteiger charge is 2.58. The minimum Gasteiger partial charge on any atom is -0.475 e. The summed E-state index contributed by atoms with van der Waals surface area (Å²) in [4.78, 5) is 23.9. The first-order valence-corrected chi connectivity index (χ1v) is 15.2. The molecule has 12 heteroatoms. The zero-order chi connectivity index (χ0) is 28.8. The number of carbonyl (C=O) groups excluding carboxylic acids is 1. The van der Waals surface area contributed by atoms with Crippen LogP contribution >= 0.6 is 0 Å². The zero-order valence-corrected chi connectivity index (χ0v) is 24.2. The lowest BCUT2D eigenvalue weighted by atomic mass is 9.58. The van der Waals surface area contributed by atoms with Crippen LogP contribution in [0.4, 0.5) is 15.8 Å². The Morgan fingerprint density at radius 3 is 2.62 bits per heavy atom. The molecular formula is C28H35FN6O4S. The molecule has 0 bridgehead atoms. The SMILES string of the molecule is CNCC1CC2(C1)C(=O)N(C)c1cnc3cc(F)c(-c4cnc(OCCNC(C)C)c(NS(C)(=O)=O)c4)cc3c12. The van der Waals surface area contributed by atoms with Crippen LogP contribution in [0.2, 0.25) is 0 Å². The van der Waals surface area contributed by atoms with Crippen molar-refractivity contribution >= 4 is 38.2 Å². The molecule has 5 rings (SSSR count). The molecule has 40 heavy (non-hydrogen) atoms. The second kappa shape index (κ2) is 10.6. The number of hydrogen-bond acceptors (Lipinski definition) is 8. The second-order valence-corrected chi connectivity index (χ2v) is 12.8. The first-order chi connectivity index (χ1) is 18.9. The van der Waals surface area contributed by atoms with Gasteiger partial charge in [0.25, 0.3) is 0 Å². The Balaban J connectivity index is 1.58. The number of pyridine rings is 2. The average molecular weight is 571 g/mol. The van der Waals surface area contributed by atoms with Crippen LogP contribution in [0.5, 0.6) is 5.88 Å². The Labute approximate surface area is 233 Å². The van der Waals surface area contributed by atoms with E-state index in [4.69, 9.17) is 4.74 Å². The molecule has 0 atom stereocenters. The van der Waals surface area contributed by atoms with E-state index in [-0.39, 0.29) is 35.7 Å². The van der Waals surface area contributed by atoms with Crippen molar-refractivity contribution in [1.82, 2.24) is 20.6 Å². The van der Waals surface area contributed by atoms with Crippen molar-refractivity contribution in [2.24, 2.45) is 5.92 Å². The molecule has 0 unspecified atom stereocenters. The smallest absolute Gasteiger partial charge is 0.238 e. The van der Waals surface area contributed by atoms with Gasteiger partial charge in [0.1, 0.15) is 18.1 Å². The van der Waals surface area contributed by atoms with Gasteiger partial charge in [-0.25, -0.2) is 17.8 Å². The van der Waals surface area contributed by atoms with E-state index in [1.54, 1.807) is 24.2 Å². The molecule has 1 aliphatic carbocycles. The van der Waals surface area contributed by atoms with E-state index >= 15 is 4.39 Å². The molecule has 1 aliphatic heterocycles. The largest absolute Gasteiger partial charge is 0.475 e. The lowest BCUT2D eigenvalue weighted by Gasteiger charge is -2.44. The van der Waals surface area contributed by atoms with Gasteiger partial charge in [0.05, 0.1) is 29.1 Å². The van der Waals surface area contributed by atoms with Gasteiger partial charge in [-0.3, -0.25) is 14.5 Å². The van der Waals surface area contributed by atoms with Gasteiger partial charge >= 0.3 is 0 Å². The van der Waals surface area contributed by atoms with E-state index in [2.05, 4.69) is 25.3 Å². The Bertz CT molecular complexity index is 1570. The third kappa shape index (κ3) is 5.11. The number of aromatic nitrogens is 2. The molecule has 3 heterocycles. The number of fused-ring (bicyclic) bond motifs is 4. The van der Waals surface area contributed by atoms with Gasteiger partial charge in [-0.05, 0) is 44.5 Å². The lowest BCUT2D eigenvalue weighted by Crippen LogP contribution is -2.51. The summed E-state index contributed by atoms with van der Waals surface area (Å²) >= 11 is 0. The fourth-order valence-corrected chi connectivity index (χ4v) is 6.48. The molecule has 0 saturated heterocycles. The van der Waals surface area contributed by atoms with Crippen LogP contribution in [0.25, 0.3) is 22.0 Å². The molecule has 1 saturated carbocycles. The maximum absolute atomic E-state index is 15.5.